The number of hydrogen-bond donors (Lipinski definition) is 0. The molecule has 5 heterocycles. The zero-order valence-corrected chi connectivity index (χ0v) is 40.5. The molecule has 6 nitrogen and oxygen atoms in total. The number of unbranched alkanes of at least 4 members (excludes halogenated alkanes) is 1. The van der Waals surface area contributed by atoms with E-state index >= 15 is 0 Å². The fourth-order valence-electron chi connectivity index (χ4n) is 12.3. The van der Waals surface area contributed by atoms with Gasteiger partial charge in [0.1, 0.15) is 5.69 Å². The quantitative estimate of drug-likeness (QED) is 0.0905. The van der Waals surface area contributed by atoms with Crippen molar-refractivity contribution in [3.8, 4) is 51.9 Å². The molecule has 0 saturated carbocycles. The lowest BCUT2D eigenvalue weighted by molar-refractivity contribution is -0.763. The number of hydrogen-bond acceptors (Lipinski definition) is 2. The fraction of sp³-hybridized carbons (Fsp3) is 0.203. The fourth-order valence-corrected chi connectivity index (χ4v) is 12.3. The van der Waals surface area contributed by atoms with E-state index < -0.39 is 0 Å². The Bertz CT molecular complexity index is 3800. The van der Waals surface area contributed by atoms with Crippen LogP contribution in [0.1, 0.15) is 81.5 Å². The molecule has 7 aromatic carbocycles. The summed E-state index contributed by atoms with van der Waals surface area (Å²) in [4.78, 5) is 0. The van der Waals surface area contributed by atoms with Crippen molar-refractivity contribution in [2.24, 2.45) is 5.92 Å². The van der Waals surface area contributed by atoms with E-state index in [4.69, 9.17) is 16.7 Å². The maximum Gasteiger partial charge on any atom is 0.213 e. The second kappa shape index (κ2) is 17.5. The summed E-state index contributed by atoms with van der Waals surface area (Å²) in [5, 5.41) is 14.5. The van der Waals surface area contributed by atoms with Gasteiger partial charge in [-0.1, -0.05) is 106 Å². The summed E-state index contributed by atoms with van der Waals surface area (Å²) in [5.41, 5.74) is 17.3. The van der Waals surface area contributed by atoms with E-state index in [1.54, 1.807) is 0 Å². The van der Waals surface area contributed by atoms with E-state index in [1.165, 1.54) is 78.9 Å². The largest absolute Gasteiger partial charge is 0.309 e. The lowest BCUT2D eigenvalue weighted by atomic mass is 9.64. The van der Waals surface area contributed by atoms with Crippen LogP contribution < -0.4 is 4.57 Å². The summed E-state index contributed by atoms with van der Waals surface area (Å²) in [7, 11) is 0. The van der Waals surface area contributed by atoms with Crippen LogP contribution in [0.5, 0.6) is 0 Å². The van der Waals surface area contributed by atoms with Gasteiger partial charge < -0.3 is 9.13 Å². The van der Waals surface area contributed by atoms with Gasteiger partial charge in [0.2, 0.25) is 5.69 Å². The lowest BCUT2D eigenvalue weighted by Gasteiger charge is -2.43. The summed E-state index contributed by atoms with van der Waals surface area (Å²) >= 11 is 0. The molecule has 0 N–H and O–H groups in total. The SMILES string of the molecule is C#Cc1ccc2c(c1)c1cc(CC(C)C3c4ccc(-n5cc(-c6ccc7c(c6)c6cc(CCCC)ccc6n7-c6ccccc6)nn5)cc4-c4cccc[n+]4C3(CC)CC)ccc1n2-c1ccccc1. The van der Waals surface area contributed by atoms with Crippen LogP contribution in [-0.4, -0.2) is 24.1 Å². The lowest BCUT2D eigenvalue weighted by Crippen LogP contribution is -2.63. The minimum atomic E-state index is -0.112. The number of fused-ring (bicyclic) bond motifs is 9. The van der Waals surface area contributed by atoms with Gasteiger partial charge in [0.15, 0.2) is 11.7 Å². The molecule has 12 rings (SSSR count). The molecular weight excluding hydrogens is 853 g/mol. The monoisotopic (exact) mass is 909 g/mol. The van der Waals surface area contributed by atoms with Crippen LogP contribution in [-0.2, 0) is 18.4 Å². The maximum absolute atomic E-state index is 5.97. The normalized spacial score (nSPS) is 14.5. The number of pyridine rings is 1. The van der Waals surface area contributed by atoms with Gasteiger partial charge in [0.05, 0.1) is 45.4 Å². The van der Waals surface area contributed by atoms with Crippen molar-refractivity contribution < 1.29 is 4.57 Å². The van der Waals surface area contributed by atoms with Crippen molar-refractivity contribution in [3.05, 3.63) is 205 Å². The highest BCUT2D eigenvalue weighted by Crippen LogP contribution is 2.50. The topological polar surface area (TPSA) is 44.5 Å². The number of aromatic nitrogens is 6. The zero-order chi connectivity index (χ0) is 47.5. The Kier molecular flexibility index (Phi) is 10.8. The molecule has 0 saturated heterocycles. The van der Waals surface area contributed by atoms with Gasteiger partial charge in [0, 0.05) is 69.0 Å². The number of rotatable bonds is 12. The van der Waals surface area contributed by atoms with E-state index in [0.29, 0.717) is 5.92 Å². The summed E-state index contributed by atoms with van der Waals surface area (Å²) in [6, 6.07) is 62.2. The van der Waals surface area contributed by atoms with E-state index in [0.717, 1.165) is 65.1 Å². The Balaban J connectivity index is 0.921. The highest BCUT2D eigenvalue weighted by molar-refractivity contribution is 6.11. The molecule has 70 heavy (non-hydrogen) atoms. The van der Waals surface area contributed by atoms with Crippen molar-refractivity contribution in [1.29, 1.82) is 0 Å². The van der Waals surface area contributed by atoms with Gasteiger partial charge in [-0.3, -0.25) is 0 Å². The van der Waals surface area contributed by atoms with Gasteiger partial charge in [-0.05, 0) is 139 Å². The Morgan fingerprint density at radius 1 is 0.629 bits per heavy atom. The van der Waals surface area contributed by atoms with Crippen LogP contribution in [0.4, 0.5) is 0 Å². The molecule has 0 spiro atoms. The van der Waals surface area contributed by atoms with Crippen LogP contribution in [0.3, 0.4) is 0 Å². The van der Waals surface area contributed by atoms with Gasteiger partial charge in [-0.15, -0.1) is 11.5 Å². The Morgan fingerprint density at radius 3 is 1.91 bits per heavy atom. The minimum Gasteiger partial charge on any atom is -0.309 e. The Labute approximate surface area is 410 Å². The molecule has 0 bridgehead atoms. The first kappa shape index (κ1) is 43.3. The van der Waals surface area contributed by atoms with Crippen LogP contribution in [0.15, 0.2) is 182 Å². The van der Waals surface area contributed by atoms with Gasteiger partial charge in [0.25, 0.3) is 0 Å². The van der Waals surface area contributed by atoms with Crippen LogP contribution in [0.2, 0.25) is 0 Å². The predicted octanol–water partition coefficient (Wildman–Crippen LogP) is 14.9. The highest BCUT2D eigenvalue weighted by atomic mass is 15.4. The number of aryl methyl sites for hydroxylation is 1. The predicted molar refractivity (Wildman–Crippen MR) is 288 cm³/mol. The van der Waals surface area contributed by atoms with Crippen LogP contribution in [0.25, 0.3) is 83.2 Å². The number of para-hydroxylation sites is 2. The third kappa shape index (κ3) is 6.98. The van der Waals surface area contributed by atoms with Crippen molar-refractivity contribution in [3.63, 3.8) is 0 Å². The number of benzene rings is 7. The van der Waals surface area contributed by atoms with Gasteiger partial charge in [-0.2, -0.15) is 4.57 Å². The second-order valence-electron chi connectivity index (χ2n) is 19.5. The summed E-state index contributed by atoms with van der Waals surface area (Å²) in [6.45, 7) is 9.47. The Hall–Kier alpha value is -8.01. The third-order valence-corrected chi connectivity index (χ3v) is 15.6. The molecule has 0 amide bonds. The third-order valence-electron chi connectivity index (χ3n) is 15.6. The molecule has 0 fully saturated rings. The molecule has 2 unspecified atom stereocenters. The summed E-state index contributed by atoms with van der Waals surface area (Å²) < 4.78 is 9.31. The molecule has 1 aliphatic heterocycles. The standard InChI is InChI=1S/C64H57N6/c1-6-10-19-45-26-32-60-53(38-45)55-40-47(28-34-62(55)70(60)49-22-15-12-16-23-49)57-42-68(66-65-57)50-29-30-51-56(41-50)58-24-17-18-35-67(58)64(8-3,9-4)63(51)43(5)36-46-27-33-61-54(39-46)52-37-44(7-2)25-31-59(52)69(61)48-20-13-11-14-21-48/h2,11-18,20-35,37-43,63H,6,8-10,19,36H2,1,3-5H3/q+1. The summed E-state index contributed by atoms with van der Waals surface area (Å²) in [6.07, 6.45) is 16.8. The molecule has 6 heteroatoms. The number of nitrogens with zero attached hydrogens (tertiary/aromatic N) is 6. The van der Waals surface area contributed by atoms with Crippen molar-refractivity contribution in [1.82, 2.24) is 24.1 Å². The first-order valence-corrected chi connectivity index (χ1v) is 25.2. The minimum absolute atomic E-state index is 0.112. The molecule has 4 aromatic heterocycles. The molecule has 1 aliphatic rings. The second-order valence-corrected chi connectivity index (χ2v) is 19.5. The van der Waals surface area contributed by atoms with Crippen molar-refractivity contribution >= 4 is 43.6 Å². The van der Waals surface area contributed by atoms with Gasteiger partial charge in [-0.25, -0.2) is 4.68 Å². The molecule has 0 aliphatic carbocycles. The zero-order valence-electron chi connectivity index (χ0n) is 40.5. The highest BCUT2D eigenvalue weighted by Gasteiger charge is 2.53. The molecule has 342 valence electrons. The Morgan fingerprint density at radius 2 is 1.24 bits per heavy atom. The average Bonchev–Trinajstić information content (AvgIpc) is 4.13. The average molecular weight is 910 g/mol. The van der Waals surface area contributed by atoms with Crippen molar-refractivity contribution in [2.45, 2.75) is 77.7 Å². The maximum atomic E-state index is 5.97. The van der Waals surface area contributed by atoms with E-state index in [1.807, 2.05) is 4.68 Å². The first-order chi connectivity index (χ1) is 34.4. The summed E-state index contributed by atoms with van der Waals surface area (Å²) in [5.74, 6) is 3.45. The van der Waals surface area contributed by atoms with Gasteiger partial charge >= 0.3 is 0 Å². The molecule has 2 atom stereocenters. The first-order valence-electron chi connectivity index (χ1n) is 25.2. The molecule has 0 radical (unpaired) electrons. The van der Waals surface area contributed by atoms with Crippen molar-refractivity contribution in [2.75, 3.05) is 0 Å². The van der Waals surface area contributed by atoms with E-state index in [2.05, 4.69) is 230 Å². The van der Waals surface area contributed by atoms with E-state index in [-0.39, 0.29) is 11.5 Å². The van der Waals surface area contributed by atoms with Crippen LogP contribution >= 0.6 is 0 Å². The van der Waals surface area contributed by atoms with Crippen LogP contribution in [0, 0.1) is 18.3 Å². The molecular formula is C64H57N6+. The number of terminal acetylenes is 1. The molecule has 11 aromatic rings. The van der Waals surface area contributed by atoms with E-state index in [9.17, 15) is 0 Å². The smallest absolute Gasteiger partial charge is 0.213 e.